The summed E-state index contributed by atoms with van der Waals surface area (Å²) in [5.74, 6) is 0. The molecule has 108 valence electrons. The predicted molar refractivity (Wildman–Crippen MR) is 79.7 cm³/mol. The minimum atomic E-state index is 0.283. The van der Waals surface area contributed by atoms with Crippen LogP contribution >= 0.6 is 0 Å². The van der Waals surface area contributed by atoms with Crippen LogP contribution < -0.4 is 0 Å². The van der Waals surface area contributed by atoms with Gasteiger partial charge in [-0.25, -0.2) is 4.98 Å². The summed E-state index contributed by atoms with van der Waals surface area (Å²) < 4.78 is 2.11. The molecule has 0 bridgehead atoms. The Kier molecular flexibility index (Phi) is 4.03. The highest BCUT2D eigenvalue weighted by molar-refractivity contribution is 5.47. The highest BCUT2D eigenvalue weighted by Gasteiger charge is 2.22. The van der Waals surface area contributed by atoms with Gasteiger partial charge in [-0.05, 0) is 44.4 Å². The number of aryl methyl sites for hydroxylation is 1. The Labute approximate surface area is 120 Å². The molecule has 1 aliphatic rings. The van der Waals surface area contributed by atoms with Gasteiger partial charge >= 0.3 is 0 Å². The molecule has 1 unspecified atom stereocenters. The number of piperidine rings is 1. The number of aliphatic hydroxyl groups is 1. The van der Waals surface area contributed by atoms with E-state index in [-0.39, 0.29) is 6.61 Å². The molecule has 1 aliphatic heterocycles. The third kappa shape index (κ3) is 2.72. The maximum atomic E-state index is 9.21. The van der Waals surface area contributed by atoms with E-state index in [1.54, 1.807) is 0 Å². The summed E-state index contributed by atoms with van der Waals surface area (Å²) in [5.41, 5.74) is 3.40. The van der Waals surface area contributed by atoms with Gasteiger partial charge in [0.05, 0.1) is 5.69 Å². The molecule has 2 aromatic rings. The molecule has 0 radical (unpaired) electrons. The molecular formula is C16H23N3O. The second kappa shape index (κ2) is 5.94. The Balaban J connectivity index is 1.79. The van der Waals surface area contributed by atoms with Crippen LogP contribution in [0.3, 0.4) is 0 Å². The number of likely N-dealkylation sites (tertiary alicyclic amines) is 1. The number of rotatable bonds is 4. The van der Waals surface area contributed by atoms with Crippen LogP contribution in [0.5, 0.6) is 0 Å². The van der Waals surface area contributed by atoms with Crippen LogP contribution in [0.1, 0.15) is 36.9 Å². The van der Waals surface area contributed by atoms with Crippen LogP contribution in [0.15, 0.2) is 24.5 Å². The SMILES string of the molecule is Cc1cccn2cc(CN3CCCCC3CCO)nc12. The summed E-state index contributed by atoms with van der Waals surface area (Å²) in [6.45, 7) is 4.40. The molecule has 4 nitrogen and oxygen atoms in total. The highest BCUT2D eigenvalue weighted by atomic mass is 16.3. The lowest BCUT2D eigenvalue weighted by molar-refractivity contribution is 0.111. The van der Waals surface area contributed by atoms with E-state index in [4.69, 9.17) is 4.98 Å². The maximum absolute atomic E-state index is 9.21. The van der Waals surface area contributed by atoms with Crippen LogP contribution in [0.25, 0.3) is 5.65 Å². The molecule has 1 saturated heterocycles. The number of aromatic nitrogens is 2. The van der Waals surface area contributed by atoms with Crippen molar-refractivity contribution in [1.82, 2.24) is 14.3 Å². The van der Waals surface area contributed by atoms with Crippen molar-refractivity contribution in [3.05, 3.63) is 35.8 Å². The Morgan fingerprint density at radius 1 is 1.40 bits per heavy atom. The van der Waals surface area contributed by atoms with E-state index in [1.165, 1.54) is 24.8 Å². The molecule has 0 aliphatic carbocycles. The van der Waals surface area contributed by atoms with Crippen molar-refractivity contribution in [2.24, 2.45) is 0 Å². The monoisotopic (exact) mass is 273 g/mol. The molecule has 3 heterocycles. The summed E-state index contributed by atoms with van der Waals surface area (Å²) in [4.78, 5) is 7.24. The zero-order valence-electron chi connectivity index (χ0n) is 12.1. The predicted octanol–water partition coefficient (Wildman–Crippen LogP) is 2.38. The van der Waals surface area contributed by atoms with Crippen molar-refractivity contribution in [1.29, 1.82) is 0 Å². The largest absolute Gasteiger partial charge is 0.396 e. The normalized spacial score (nSPS) is 20.6. The Morgan fingerprint density at radius 3 is 3.10 bits per heavy atom. The average molecular weight is 273 g/mol. The Hall–Kier alpha value is -1.39. The minimum Gasteiger partial charge on any atom is -0.396 e. The number of hydrogen-bond acceptors (Lipinski definition) is 3. The maximum Gasteiger partial charge on any atom is 0.139 e. The number of nitrogens with zero attached hydrogens (tertiary/aromatic N) is 3. The number of aliphatic hydroxyl groups excluding tert-OH is 1. The fourth-order valence-electron chi connectivity index (χ4n) is 3.23. The Bertz CT molecular complexity index is 576. The van der Waals surface area contributed by atoms with Gasteiger partial charge in [-0.1, -0.05) is 12.5 Å². The van der Waals surface area contributed by atoms with Gasteiger partial charge in [0.25, 0.3) is 0 Å². The number of imidazole rings is 1. The molecule has 1 N–H and O–H groups in total. The molecule has 2 aromatic heterocycles. The lowest BCUT2D eigenvalue weighted by Gasteiger charge is -2.34. The molecule has 3 rings (SSSR count). The van der Waals surface area contributed by atoms with E-state index in [0.717, 1.165) is 30.9 Å². The van der Waals surface area contributed by atoms with Gasteiger partial charge < -0.3 is 9.51 Å². The zero-order chi connectivity index (χ0) is 13.9. The first-order valence-electron chi connectivity index (χ1n) is 7.56. The lowest BCUT2D eigenvalue weighted by Crippen LogP contribution is -2.39. The second-order valence-corrected chi connectivity index (χ2v) is 5.79. The van der Waals surface area contributed by atoms with E-state index in [1.807, 2.05) is 0 Å². The smallest absolute Gasteiger partial charge is 0.139 e. The van der Waals surface area contributed by atoms with Crippen LogP contribution in [-0.4, -0.2) is 38.6 Å². The summed E-state index contributed by atoms with van der Waals surface area (Å²) in [5, 5.41) is 9.21. The summed E-state index contributed by atoms with van der Waals surface area (Å²) in [6.07, 6.45) is 8.81. The van der Waals surface area contributed by atoms with Crippen molar-refractivity contribution in [3.8, 4) is 0 Å². The molecule has 0 spiro atoms. The Morgan fingerprint density at radius 2 is 2.30 bits per heavy atom. The fourth-order valence-corrected chi connectivity index (χ4v) is 3.23. The van der Waals surface area contributed by atoms with Crippen molar-refractivity contribution in [3.63, 3.8) is 0 Å². The topological polar surface area (TPSA) is 40.8 Å². The highest BCUT2D eigenvalue weighted by Crippen LogP contribution is 2.22. The minimum absolute atomic E-state index is 0.283. The average Bonchev–Trinajstić information content (AvgIpc) is 2.85. The number of fused-ring (bicyclic) bond motifs is 1. The summed E-state index contributed by atoms with van der Waals surface area (Å²) in [6, 6.07) is 4.67. The van der Waals surface area contributed by atoms with Crippen molar-refractivity contribution in [2.45, 2.75) is 45.2 Å². The van der Waals surface area contributed by atoms with Crippen LogP contribution in [0.4, 0.5) is 0 Å². The lowest BCUT2D eigenvalue weighted by atomic mass is 9.99. The van der Waals surface area contributed by atoms with E-state index in [0.29, 0.717) is 6.04 Å². The van der Waals surface area contributed by atoms with Gasteiger partial charge in [-0.15, -0.1) is 0 Å². The molecule has 0 saturated carbocycles. The van der Waals surface area contributed by atoms with Crippen LogP contribution in [0, 0.1) is 6.92 Å². The zero-order valence-corrected chi connectivity index (χ0v) is 12.1. The summed E-state index contributed by atoms with van der Waals surface area (Å²) in [7, 11) is 0. The van der Waals surface area contributed by atoms with Gasteiger partial charge in [0, 0.05) is 31.6 Å². The van der Waals surface area contributed by atoms with Crippen LogP contribution in [-0.2, 0) is 6.54 Å². The third-order valence-electron chi connectivity index (χ3n) is 4.30. The van der Waals surface area contributed by atoms with Crippen LogP contribution in [0.2, 0.25) is 0 Å². The van der Waals surface area contributed by atoms with Gasteiger partial charge in [0.15, 0.2) is 0 Å². The van der Waals surface area contributed by atoms with Gasteiger partial charge in [0.1, 0.15) is 5.65 Å². The number of hydrogen-bond donors (Lipinski definition) is 1. The van der Waals surface area contributed by atoms with E-state index in [9.17, 15) is 5.11 Å². The van der Waals surface area contributed by atoms with E-state index < -0.39 is 0 Å². The number of pyridine rings is 1. The van der Waals surface area contributed by atoms with Crippen molar-refractivity contribution in [2.75, 3.05) is 13.2 Å². The second-order valence-electron chi connectivity index (χ2n) is 5.79. The molecule has 20 heavy (non-hydrogen) atoms. The molecule has 4 heteroatoms. The third-order valence-corrected chi connectivity index (χ3v) is 4.30. The molecule has 1 atom stereocenters. The first kappa shape index (κ1) is 13.6. The van der Waals surface area contributed by atoms with Gasteiger partial charge in [0.2, 0.25) is 0 Å². The van der Waals surface area contributed by atoms with E-state index in [2.05, 4.69) is 40.8 Å². The van der Waals surface area contributed by atoms with Gasteiger partial charge in [-0.2, -0.15) is 0 Å². The van der Waals surface area contributed by atoms with E-state index >= 15 is 0 Å². The molecular weight excluding hydrogens is 250 g/mol. The standard InChI is InChI=1S/C16H23N3O/c1-13-5-4-9-19-12-14(17-16(13)19)11-18-8-3-2-6-15(18)7-10-20/h4-5,9,12,15,20H,2-3,6-8,10-11H2,1H3. The van der Waals surface area contributed by atoms with Crippen molar-refractivity contribution >= 4 is 5.65 Å². The molecule has 0 amide bonds. The van der Waals surface area contributed by atoms with Crippen molar-refractivity contribution < 1.29 is 5.11 Å². The molecule has 0 aromatic carbocycles. The first-order chi connectivity index (χ1) is 9.78. The first-order valence-corrected chi connectivity index (χ1v) is 7.56. The van der Waals surface area contributed by atoms with Gasteiger partial charge in [-0.3, -0.25) is 4.90 Å². The summed E-state index contributed by atoms with van der Waals surface area (Å²) >= 11 is 0. The fraction of sp³-hybridized carbons (Fsp3) is 0.562. The quantitative estimate of drug-likeness (QED) is 0.930. The molecule has 1 fully saturated rings.